The van der Waals surface area contributed by atoms with E-state index in [9.17, 15) is 5.11 Å². The van der Waals surface area contributed by atoms with Gasteiger partial charge in [-0.3, -0.25) is 0 Å². The van der Waals surface area contributed by atoms with Gasteiger partial charge in [-0.1, -0.05) is 12.1 Å². The van der Waals surface area contributed by atoms with Gasteiger partial charge in [0.15, 0.2) is 0 Å². The monoisotopic (exact) mass is 209 g/mol. The highest BCUT2D eigenvalue weighted by Crippen LogP contribution is 2.18. The number of benzene rings is 1. The summed E-state index contributed by atoms with van der Waals surface area (Å²) in [6.45, 7) is 4.54. The van der Waals surface area contributed by atoms with Crippen LogP contribution < -0.4 is 10.1 Å². The maximum atomic E-state index is 9.69. The normalized spacial score (nSPS) is 12.9. The molecule has 15 heavy (non-hydrogen) atoms. The van der Waals surface area contributed by atoms with Crippen LogP contribution in [0.25, 0.3) is 0 Å². The van der Waals surface area contributed by atoms with Crippen LogP contribution in [-0.4, -0.2) is 24.8 Å². The van der Waals surface area contributed by atoms with Gasteiger partial charge in [0.2, 0.25) is 0 Å². The fourth-order valence-corrected chi connectivity index (χ4v) is 1.35. The molecule has 1 atom stereocenters. The molecule has 0 aliphatic heterocycles. The van der Waals surface area contributed by atoms with Crippen molar-refractivity contribution in [3.8, 4) is 5.75 Å². The third-order valence-corrected chi connectivity index (χ3v) is 2.03. The predicted molar refractivity (Wildman–Crippen MR) is 61.1 cm³/mol. The van der Waals surface area contributed by atoms with Crippen LogP contribution in [0.4, 0.5) is 0 Å². The summed E-state index contributed by atoms with van der Waals surface area (Å²) in [5.41, 5.74) is 0.903. The predicted octanol–water partition coefficient (Wildman–Crippen LogP) is 1.73. The van der Waals surface area contributed by atoms with E-state index in [4.69, 9.17) is 4.74 Å². The quantitative estimate of drug-likeness (QED) is 0.776. The van der Waals surface area contributed by atoms with Crippen molar-refractivity contribution in [2.45, 2.75) is 26.1 Å². The number of aliphatic hydroxyl groups is 1. The third-order valence-electron chi connectivity index (χ3n) is 2.03. The first-order chi connectivity index (χ1) is 7.13. The molecule has 1 rings (SSSR count). The molecule has 0 aliphatic rings. The Labute approximate surface area is 91.1 Å². The van der Waals surface area contributed by atoms with Gasteiger partial charge in [0.05, 0.1) is 12.2 Å². The van der Waals surface area contributed by atoms with Crippen LogP contribution in [0.2, 0.25) is 0 Å². The molecule has 1 aromatic carbocycles. The molecule has 2 N–H and O–H groups in total. The number of hydrogen-bond acceptors (Lipinski definition) is 3. The van der Waals surface area contributed by atoms with Crippen LogP contribution in [0.3, 0.4) is 0 Å². The Morgan fingerprint density at radius 2 is 1.87 bits per heavy atom. The van der Waals surface area contributed by atoms with Crippen molar-refractivity contribution in [1.82, 2.24) is 5.32 Å². The van der Waals surface area contributed by atoms with Gasteiger partial charge in [-0.2, -0.15) is 0 Å². The Hall–Kier alpha value is -1.06. The van der Waals surface area contributed by atoms with Gasteiger partial charge in [0.1, 0.15) is 5.75 Å². The van der Waals surface area contributed by atoms with Gasteiger partial charge in [-0.15, -0.1) is 0 Å². The number of rotatable bonds is 5. The van der Waals surface area contributed by atoms with E-state index in [-0.39, 0.29) is 6.10 Å². The van der Waals surface area contributed by atoms with Crippen LogP contribution in [-0.2, 0) is 0 Å². The molecule has 0 radical (unpaired) electrons. The molecule has 0 fully saturated rings. The summed E-state index contributed by atoms with van der Waals surface area (Å²) in [6, 6.07) is 7.54. The fourth-order valence-electron chi connectivity index (χ4n) is 1.35. The highest BCUT2D eigenvalue weighted by Gasteiger charge is 2.06. The molecule has 0 spiro atoms. The zero-order valence-corrected chi connectivity index (χ0v) is 9.53. The lowest BCUT2D eigenvalue weighted by molar-refractivity contribution is 0.177. The molecular formula is C12H19NO2. The maximum absolute atomic E-state index is 9.69. The molecule has 0 aromatic heterocycles. The van der Waals surface area contributed by atoms with Crippen molar-refractivity contribution in [2.75, 3.05) is 13.6 Å². The summed E-state index contributed by atoms with van der Waals surface area (Å²) >= 11 is 0. The van der Waals surface area contributed by atoms with Crippen LogP contribution in [0.15, 0.2) is 24.3 Å². The van der Waals surface area contributed by atoms with Crippen molar-refractivity contribution >= 4 is 0 Å². The standard InChI is InChI=1S/C12H19NO2/c1-9(2)15-11-6-4-10(5-7-11)12(14)8-13-3/h4-7,9,12-14H,8H2,1-3H3/t12-/m0/s1. The van der Waals surface area contributed by atoms with E-state index in [1.807, 2.05) is 45.2 Å². The topological polar surface area (TPSA) is 41.5 Å². The highest BCUT2D eigenvalue weighted by atomic mass is 16.5. The Morgan fingerprint density at radius 1 is 1.27 bits per heavy atom. The van der Waals surface area contributed by atoms with E-state index in [1.54, 1.807) is 0 Å². The average molecular weight is 209 g/mol. The second-order valence-electron chi connectivity index (χ2n) is 3.81. The van der Waals surface area contributed by atoms with E-state index >= 15 is 0 Å². The average Bonchev–Trinajstić information content (AvgIpc) is 2.18. The molecule has 0 saturated heterocycles. The van der Waals surface area contributed by atoms with Crippen LogP contribution >= 0.6 is 0 Å². The van der Waals surface area contributed by atoms with E-state index in [0.29, 0.717) is 6.54 Å². The summed E-state index contributed by atoms with van der Waals surface area (Å²) in [6.07, 6.45) is -0.277. The molecule has 1 aromatic rings. The van der Waals surface area contributed by atoms with Crippen LogP contribution in [0, 0.1) is 0 Å². The molecule has 84 valence electrons. The molecule has 0 amide bonds. The maximum Gasteiger partial charge on any atom is 0.119 e. The van der Waals surface area contributed by atoms with E-state index < -0.39 is 6.10 Å². The molecule has 0 bridgehead atoms. The summed E-state index contributed by atoms with van der Waals surface area (Å²) in [7, 11) is 1.82. The molecule has 0 heterocycles. The smallest absolute Gasteiger partial charge is 0.119 e. The molecule has 3 heteroatoms. The van der Waals surface area contributed by atoms with Gasteiger partial charge in [-0.05, 0) is 38.6 Å². The third kappa shape index (κ3) is 3.90. The zero-order valence-electron chi connectivity index (χ0n) is 9.53. The number of ether oxygens (including phenoxy) is 1. The SMILES string of the molecule is CNC[C@H](O)c1ccc(OC(C)C)cc1. The summed E-state index contributed by atoms with van der Waals surface area (Å²) in [5, 5.41) is 12.6. The summed E-state index contributed by atoms with van der Waals surface area (Å²) < 4.78 is 5.51. The summed E-state index contributed by atoms with van der Waals surface area (Å²) in [5.74, 6) is 0.838. The molecule has 0 saturated carbocycles. The highest BCUT2D eigenvalue weighted by molar-refractivity contribution is 5.28. The number of nitrogens with one attached hydrogen (secondary N) is 1. The molecular weight excluding hydrogens is 190 g/mol. The lowest BCUT2D eigenvalue weighted by Crippen LogP contribution is -2.16. The Kier molecular flexibility index (Phi) is 4.59. The van der Waals surface area contributed by atoms with Gasteiger partial charge in [-0.25, -0.2) is 0 Å². The minimum absolute atomic E-state index is 0.179. The van der Waals surface area contributed by atoms with E-state index in [2.05, 4.69) is 5.32 Å². The van der Waals surface area contributed by atoms with E-state index in [0.717, 1.165) is 11.3 Å². The second kappa shape index (κ2) is 5.73. The Balaban J connectivity index is 2.63. The van der Waals surface area contributed by atoms with Crippen LogP contribution in [0.5, 0.6) is 5.75 Å². The zero-order chi connectivity index (χ0) is 11.3. The van der Waals surface area contributed by atoms with Gasteiger partial charge in [0, 0.05) is 6.54 Å². The Morgan fingerprint density at radius 3 is 2.33 bits per heavy atom. The number of likely N-dealkylation sites (N-methyl/N-ethyl adjacent to an activating group) is 1. The Bertz CT molecular complexity index is 282. The first-order valence-corrected chi connectivity index (χ1v) is 5.22. The van der Waals surface area contributed by atoms with Crippen molar-refractivity contribution in [3.63, 3.8) is 0 Å². The second-order valence-corrected chi connectivity index (χ2v) is 3.81. The lowest BCUT2D eigenvalue weighted by atomic mass is 10.1. The summed E-state index contributed by atoms with van der Waals surface area (Å²) in [4.78, 5) is 0. The lowest BCUT2D eigenvalue weighted by Gasteiger charge is -2.12. The van der Waals surface area contributed by atoms with Crippen molar-refractivity contribution < 1.29 is 9.84 Å². The number of hydrogen-bond donors (Lipinski definition) is 2. The molecule has 3 nitrogen and oxygen atoms in total. The first kappa shape index (κ1) is 12.0. The number of aliphatic hydroxyl groups excluding tert-OH is 1. The minimum atomic E-state index is -0.455. The largest absolute Gasteiger partial charge is 0.491 e. The molecule has 0 aliphatic carbocycles. The van der Waals surface area contributed by atoms with Crippen molar-refractivity contribution in [3.05, 3.63) is 29.8 Å². The fraction of sp³-hybridized carbons (Fsp3) is 0.500. The van der Waals surface area contributed by atoms with Gasteiger partial charge in [0.25, 0.3) is 0 Å². The van der Waals surface area contributed by atoms with E-state index in [1.165, 1.54) is 0 Å². The van der Waals surface area contributed by atoms with Gasteiger partial charge >= 0.3 is 0 Å². The molecule has 0 unspecified atom stereocenters. The van der Waals surface area contributed by atoms with Crippen molar-refractivity contribution in [2.24, 2.45) is 0 Å². The van der Waals surface area contributed by atoms with Crippen molar-refractivity contribution in [1.29, 1.82) is 0 Å². The van der Waals surface area contributed by atoms with Crippen LogP contribution in [0.1, 0.15) is 25.5 Å². The first-order valence-electron chi connectivity index (χ1n) is 5.22. The minimum Gasteiger partial charge on any atom is -0.491 e. The van der Waals surface area contributed by atoms with Gasteiger partial charge < -0.3 is 15.2 Å².